The second-order valence-corrected chi connectivity index (χ2v) is 6.24. The van der Waals surface area contributed by atoms with E-state index in [1.165, 1.54) is 11.1 Å². The molecule has 3 rings (SSSR count). The molecule has 0 aliphatic rings. The summed E-state index contributed by atoms with van der Waals surface area (Å²) in [5, 5.41) is 18.8. The quantitative estimate of drug-likeness (QED) is 0.313. The van der Waals surface area contributed by atoms with Crippen molar-refractivity contribution in [1.29, 1.82) is 0 Å². The maximum Gasteiger partial charge on any atom is 0.144 e. The Balaban J connectivity index is 0.000000199. The number of rotatable bonds is 4. The van der Waals surface area contributed by atoms with Gasteiger partial charge in [0.25, 0.3) is 0 Å². The van der Waals surface area contributed by atoms with E-state index in [9.17, 15) is 10.2 Å². The monoisotopic (exact) mass is 366 g/mol. The second-order valence-electron chi connectivity index (χ2n) is 6.24. The predicted molar refractivity (Wildman–Crippen MR) is 109 cm³/mol. The summed E-state index contributed by atoms with van der Waals surface area (Å²) in [5.41, 5.74) is 14.5. The molecule has 0 bridgehead atoms. The Morgan fingerprint density at radius 1 is 0.667 bits per heavy atom. The number of nitrogen functional groups attached to an aromatic ring is 2. The van der Waals surface area contributed by atoms with Crippen molar-refractivity contribution in [3.8, 4) is 11.5 Å². The van der Waals surface area contributed by atoms with Gasteiger partial charge in [-0.1, -0.05) is 60.7 Å². The van der Waals surface area contributed by atoms with Crippen LogP contribution in [0.15, 0.2) is 60.7 Å². The predicted octanol–water partition coefficient (Wildman–Crippen LogP) is 4.28. The molecule has 5 nitrogen and oxygen atoms in total. The number of hydrogen-bond donors (Lipinski definition) is 4. The van der Waals surface area contributed by atoms with Gasteiger partial charge in [0.15, 0.2) is 0 Å². The molecule has 0 aromatic heterocycles. The fourth-order valence-corrected chi connectivity index (χ4v) is 2.45. The molecule has 0 heterocycles. The first-order valence-corrected chi connectivity index (χ1v) is 8.63. The number of anilines is 2. The van der Waals surface area contributed by atoms with Gasteiger partial charge in [0, 0.05) is 0 Å². The van der Waals surface area contributed by atoms with Crippen molar-refractivity contribution in [3.63, 3.8) is 0 Å². The molecule has 27 heavy (non-hydrogen) atoms. The number of phenols is 2. The Bertz CT molecular complexity index is 721. The fraction of sp³-hybridized carbons (Fsp3) is 0.182. The van der Waals surface area contributed by atoms with Gasteiger partial charge in [-0.15, -0.1) is 0 Å². The number of hydrogen-bond acceptors (Lipinski definition) is 5. The van der Waals surface area contributed by atoms with Gasteiger partial charge in [0.1, 0.15) is 22.9 Å². The molecule has 0 unspecified atom stereocenters. The van der Waals surface area contributed by atoms with Gasteiger partial charge in [-0.2, -0.15) is 0 Å². The van der Waals surface area contributed by atoms with E-state index in [1.807, 2.05) is 36.4 Å². The van der Waals surface area contributed by atoms with Gasteiger partial charge in [-0.25, -0.2) is 0 Å². The smallest absolute Gasteiger partial charge is 0.144 e. The van der Waals surface area contributed by atoms with Crippen LogP contribution in [0.1, 0.15) is 22.3 Å². The molecule has 0 aliphatic heterocycles. The molecule has 0 radical (unpaired) electrons. The van der Waals surface area contributed by atoms with Crippen molar-refractivity contribution in [2.45, 2.75) is 27.1 Å². The van der Waals surface area contributed by atoms with Crippen LogP contribution in [0.3, 0.4) is 0 Å². The minimum Gasteiger partial charge on any atom is -0.505 e. The van der Waals surface area contributed by atoms with Crippen LogP contribution in [0.5, 0.6) is 11.5 Å². The van der Waals surface area contributed by atoms with E-state index in [0.29, 0.717) is 24.3 Å². The lowest BCUT2D eigenvalue weighted by molar-refractivity contribution is 0.107. The Morgan fingerprint density at radius 3 is 1.33 bits per heavy atom. The van der Waals surface area contributed by atoms with E-state index in [1.54, 1.807) is 13.8 Å². The number of phenolic OH excluding ortho intramolecular Hbond substituents is 2. The third-order valence-electron chi connectivity index (χ3n) is 4.30. The second kappa shape index (κ2) is 9.50. The summed E-state index contributed by atoms with van der Waals surface area (Å²) < 4.78 is 5.61. The van der Waals surface area contributed by atoms with Gasteiger partial charge in [0.05, 0.1) is 13.2 Å². The topological polar surface area (TPSA) is 102 Å². The maximum atomic E-state index is 9.38. The van der Waals surface area contributed by atoms with Crippen molar-refractivity contribution >= 4 is 11.4 Å². The summed E-state index contributed by atoms with van der Waals surface area (Å²) in [6.45, 7) is 4.69. The average Bonchev–Trinajstić information content (AvgIpc) is 2.71. The van der Waals surface area contributed by atoms with E-state index in [2.05, 4.69) is 24.3 Å². The fourth-order valence-electron chi connectivity index (χ4n) is 2.45. The minimum atomic E-state index is -0.0530. The van der Waals surface area contributed by atoms with Crippen molar-refractivity contribution in [2.24, 2.45) is 0 Å². The molecule has 0 amide bonds. The molecule has 0 spiro atoms. The summed E-state index contributed by atoms with van der Waals surface area (Å²) in [6, 6.07) is 20.4. The summed E-state index contributed by atoms with van der Waals surface area (Å²) >= 11 is 0. The summed E-state index contributed by atoms with van der Waals surface area (Å²) in [7, 11) is 0. The minimum absolute atomic E-state index is 0.0376. The highest BCUT2D eigenvalue weighted by Crippen LogP contribution is 2.40. The average molecular weight is 366 g/mol. The zero-order chi connectivity index (χ0) is 19.8. The van der Waals surface area contributed by atoms with E-state index < -0.39 is 0 Å². The maximum absolute atomic E-state index is 9.38. The molecule has 0 atom stereocenters. The first-order valence-electron chi connectivity index (χ1n) is 8.63. The molecule has 3 aromatic carbocycles. The van der Waals surface area contributed by atoms with E-state index in [0.717, 1.165) is 0 Å². The van der Waals surface area contributed by atoms with E-state index in [4.69, 9.17) is 16.2 Å². The van der Waals surface area contributed by atoms with Crippen LogP contribution in [0.4, 0.5) is 11.4 Å². The van der Waals surface area contributed by atoms with Crippen LogP contribution in [-0.2, 0) is 18.0 Å². The number of benzene rings is 3. The van der Waals surface area contributed by atoms with Crippen molar-refractivity contribution in [1.82, 2.24) is 0 Å². The lowest BCUT2D eigenvalue weighted by atomic mass is 10.1. The highest BCUT2D eigenvalue weighted by atomic mass is 16.5. The zero-order valence-corrected chi connectivity index (χ0v) is 15.6. The van der Waals surface area contributed by atoms with Gasteiger partial charge >= 0.3 is 0 Å². The molecule has 0 aliphatic carbocycles. The van der Waals surface area contributed by atoms with Crippen LogP contribution in [-0.4, -0.2) is 10.2 Å². The first-order chi connectivity index (χ1) is 12.9. The molecular weight excluding hydrogens is 340 g/mol. The molecule has 6 N–H and O–H groups in total. The van der Waals surface area contributed by atoms with Gasteiger partial charge in [0.2, 0.25) is 0 Å². The Kier molecular flexibility index (Phi) is 7.08. The highest BCUT2D eigenvalue weighted by Gasteiger charge is 2.14. The van der Waals surface area contributed by atoms with Crippen LogP contribution in [0.2, 0.25) is 0 Å². The lowest BCUT2D eigenvalue weighted by Crippen LogP contribution is -1.99. The largest absolute Gasteiger partial charge is 0.505 e. The summed E-state index contributed by atoms with van der Waals surface area (Å²) in [6.07, 6.45) is 0. The SMILES string of the molecule is Cc1c(C)c(O)c(N)c(N)c1O.c1ccc(COCc2ccccc2)cc1. The Hall–Kier alpha value is -3.18. The lowest BCUT2D eigenvalue weighted by Gasteiger charge is -2.11. The van der Waals surface area contributed by atoms with Crippen LogP contribution < -0.4 is 11.5 Å². The van der Waals surface area contributed by atoms with Crippen molar-refractivity contribution in [2.75, 3.05) is 11.5 Å². The molecule has 142 valence electrons. The normalized spacial score (nSPS) is 10.1. The van der Waals surface area contributed by atoms with Crippen LogP contribution in [0, 0.1) is 13.8 Å². The molecule has 5 heteroatoms. The third-order valence-corrected chi connectivity index (χ3v) is 4.30. The van der Waals surface area contributed by atoms with Crippen molar-refractivity contribution in [3.05, 3.63) is 82.9 Å². The first kappa shape index (κ1) is 20.1. The molecule has 0 fully saturated rings. The Morgan fingerprint density at radius 2 is 1.00 bits per heavy atom. The number of nitrogens with two attached hydrogens (primary N) is 2. The van der Waals surface area contributed by atoms with Gasteiger partial charge in [-0.3, -0.25) is 0 Å². The number of aromatic hydroxyl groups is 2. The summed E-state index contributed by atoms with van der Waals surface area (Å²) in [5.74, 6) is -0.106. The van der Waals surface area contributed by atoms with Crippen LogP contribution >= 0.6 is 0 Å². The molecular formula is C22H26N2O3. The molecule has 3 aromatic rings. The van der Waals surface area contributed by atoms with E-state index in [-0.39, 0.29) is 22.9 Å². The standard InChI is InChI=1S/C14H14O.C8H12N2O2/c1-3-7-13(8-4-1)11-15-12-14-9-5-2-6-10-14;1-3-4(2)8(12)6(10)5(9)7(3)11/h1-10H,11-12H2;11-12H,9-10H2,1-2H3. The highest BCUT2D eigenvalue weighted by molar-refractivity contribution is 5.80. The number of ether oxygens (including phenoxy) is 1. The summed E-state index contributed by atoms with van der Waals surface area (Å²) in [4.78, 5) is 0. The van der Waals surface area contributed by atoms with Gasteiger partial charge < -0.3 is 26.4 Å². The molecule has 0 saturated carbocycles. The molecule has 0 saturated heterocycles. The van der Waals surface area contributed by atoms with Crippen molar-refractivity contribution < 1.29 is 14.9 Å². The van der Waals surface area contributed by atoms with E-state index >= 15 is 0 Å². The third kappa shape index (κ3) is 5.39. The zero-order valence-electron chi connectivity index (χ0n) is 15.6. The Labute approximate surface area is 159 Å². The van der Waals surface area contributed by atoms with Gasteiger partial charge in [-0.05, 0) is 36.1 Å². The van der Waals surface area contributed by atoms with Crippen LogP contribution in [0.25, 0.3) is 0 Å².